The van der Waals surface area contributed by atoms with Crippen LogP contribution < -0.4 is 15.2 Å². The van der Waals surface area contributed by atoms with Crippen molar-refractivity contribution in [2.24, 2.45) is 0 Å². The fourth-order valence-corrected chi connectivity index (χ4v) is 2.29. The van der Waals surface area contributed by atoms with Crippen LogP contribution in [0.2, 0.25) is 5.02 Å². The number of ether oxygens (including phenoxy) is 2. The van der Waals surface area contributed by atoms with Crippen LogP contribution in [0.5, 0.6) is 11.5 Å². The van der Waals surface area contributed by atoms with Gasteiger partial charge in [0.1, 0.15) is 12.4 Å². The number of nitrogens with zero attached hydrogens (tertiary/aromatic N) is 2. The van der Waals surface area contributed by atoms with E-state index in [0.29, 0.717) is 22.6 Å². The molecule has 0 saturated heterocycles. The number of aromatic nitrogens is 2. The third-order valence-corrected chi connectivity index (χ3v) is 3.60. The van der Waals surface area contributed by atoms with Crippen molar-refractivity contribution in [3.8, 4) is 23.0 Å². The highest BCUT2D eigenvalue weighted by Gasteiger charge is 2.12. The van der Waals surface area contributed by atoms with Crippen LogP contribution in [-0.4, -0.2) is 17.3 Å². The van der Waals surface area contributed by atoms with Gasteiger partial charge in [0.05, 0.1) is 12.1 Å². The van der Waals surface area contributed by atoms with Gasteiger partial charge in [0.2, 0.25) is 5.89 Å². The van der Waals surface area contributed by atoms with E-state index in [0.717, 1.165) is 0 Å². The minimum Gasteiger partial charge on any atom is -0.493 e. The van der Waals surface area contributed by atoms with Crippen LogP contribution in [-0.2, 0) is 6.61 Å². The molecule has 3 aromatic rings. The minimum absolute atomic E-state index is 0.0265. The van der Waals surface area contributed by atoms with Crippen molar-refractivity contribution >= 4 is 17.6 Å². The summed E-state index contributed by atoms with van der Waals surface area (Å²) in [5.74, 6) is 0.828. The Bertz CT molecular complexity index is 870. The molecule has 0 aliphatic heterocycles. The number of nitrogens with two attached hydrogens (primary N) is 1. The highest BCUT2D eigenvalue weighted by molar-refractivity contribution is 6.31. The smallest absolute Gasteiger partial charge is 0.313 e. The van der Waals surface area contributed by atoms with E-state index in [1.165, 1.54) is 19.2 Å². The molecule has 0 bridgehead atoms. The molecule has 0 aliphatic carbocycles. The largest absolute Gasteiger partial charge is 0.493 e. The Balaban J connectivity index is 1.85. The molecule has 0 spiro atoms. The Morgan fingerprint density at radius 1 is 1.17 bits per heavy atom. The lowest BCUT2D eigenvalue weighted by Gasteiger charge is -2.12. The number of methoxy groups -OCH3 is 1. The van der Waals surface area contributed by atoms with E-state index < -0.39 is 5.82 Å². The van der Waals surface area contributed by atoms with Crippen LogP contribution in [0.25, 0.3) is 11.5 Å². The monoisotopic (exact) mass is 349 g/mol. The Kier molecular flexibility index (Phi) is 4.52. The first-order valence-electron chi connectivity index (χ1n) is 6.91. The maximum atomic E-state index is 13.1. The molecule has 0 saturated carbocycles. The van der Waals surface area contributed by atoms with E-state index in [1.807, 2.05) is 0 Å². The van der Waals surface area contributed by atoms with Gasteiger partial charge in [-0.15, -0.1) is 5.10 Å². The lowest BCUT2D eigenvalue weighted by Crippen LogP contribution is -1.99. The van der Waals surface area contributed by atoms with Gasteiger partial charge in [-0.25, -0.2) is 4.39 Å². The number of hydrogen-bond donors (Lipinski definition) is 1. The van der Waals surface area contributed by atoms with Crippen LogP contribution in [0, 0.1) is 5.82 Å². The van der Waals surface area contributed by atoms with Crippen molar-refractivity contribution in [2.45, 2.75) is 6.61 Å². The minimum atomic E-state index is -0.405. The molecule has 1 heterocycles. The highest BCUT2D eigenvalue weighted by atomic mass is 35.5. The van der Waals surface area contributed by atoms with Gasteiger partial charge in [-0.2, -0.15) is 0 Å². The number of hydrogen-bond acceptors (Lipinski definition) is 6. The van der Waals surface area contributed by atoms with Crippen LogP contribution in [0.3, 0.4) is 0 Å². The van der Waals surface area contributed by atoms with Crippen molar-refractivity contribution in [1.29, 1.82) is 0 Å². The van der Waals surface area contributed by atoms with Gasteiger partial charge in [-0.05, 0) is 30.3 Å². The first-order valence-corrected chi connectivity index (χ1v) is 7.28. The molecule has 0 atom stereocenters. The second-order valence-corrected chi connectivity index (χ2v) is 5.24. The molecule has 24 heavy (non-hydrogen) atoms. The first kappa shape index (κ1) is 16.1. The molecule has 124 valence electrons. The second kappa shape index (κ2) is 6.76. The summed E-state index contributed by atoms with van der Waals surface area (Å²) < 4.78 is 29.3. The van der Waals surface area contributed by atoms with Crippen molar-refractivity contribution in [2.75, 3.05) is 12.8 Å². The molecule has 0 fully saturated rings. The average Bonchev–Trinajstić information content (AvgIpc) is 3.00. The molecule has 0 radical (unpaired) electrons. The fraction of sp³-hybridized carbons (Fsp3) is 0.125. The van der Waals surface area contributed by atoms with Gasteiger partial charge in [0.25, 0.3) is 0 Å². The van der Waals surface area contributed by atoms with Crippen molar-refractivity contribution < 1.29 is 18.3 Å². The van der Waals surface area contributed by atoms with E-state index in [2.05, 4.69) is 10.2 Å². The van der Waals surface area contributed by atoms with Crippen LogP contribution in [0.4, 0.5) is 10.4 Å². The quantitative estimate of drug-likeness (QED) is 0.756. The van der Waals surface area contributed by atoms with Crippen molar-refractivity contribution in [3.05, 3.63) is 52.8 Å². The summed E-state index contributed by atoms with van der Waals surface area (Å²) in [5, 5.41) is 7.73. The van der Waals surface area contributed by atoms with E-state index in [4.69, 9.17) is 31.2 Å². The molecule has 1 aromatic heterocycles. The van der Waals surface area contributed by atoms with Gasteiger partial charge in [0.15, 0.2) is 11.5 Å². The SMILES string of the molecule is COc1ccc(-c2nnc(N)o2)cc1OCc1ccc(F)cc1Cl. The van der Waals surface area contributed by atoms with Gasteiger partial charge >= 0.3 is 6.01 Å². The van der Waals surface area contributed by atoms with Gasteiger partial charge in [-0.3, -0.25) is 0 Å². The lowest BCUT2D eigenvalue weighted by atomic mass is 10.2. The zero-order valence-corrected chi connectivity index (χ0v) is 13.4. The molecule has 2 aromatic carbocycles. The summed E-state index contributed by atoms with van der Waals surface area (Å²) in [6, 6.07) is 9.21. The standard InChI is InChI=1S/C16H13ClFN3O3/c1-22-13-5-3-9(15-20-21-16(19)24-15)6-14(13)23-8-10-2-4-11(18)7-12(10)17/h2-7H,8H2,1H3,(H2,19,21). The second-order valence-electron chi connectivity index (χ2n) is 4.84. The molecular formula is C16H13ClFN3O3. The summed E-state index contributed by atoms with van der Waals surface area (Å²) in [6.45, 7) is 0.144. The highest BCUT2D eigenvalue weighted by Crippen LogP contribution is 2.33. The van der Waals surface area contributed by atoms with Crippen molar-refractivity contribution in [1.82, 2.24) is 10.2 Å². The summed E-state index contributed by atoms with van der Waals surface area (Å²) in [7, 11) is 1.53. The van der Waals surface area contributed by atoms with Crippen molar-refractivity contribution in [3.63, 3.8) is 0 Å². The summed E-state index contributed by atoms with van der Waals surface area (Å²) in [5.41, 5.74) is 6.70. The van der Waals surface area contributed by atoms with E-state index in [9.17, 15) is 4.39 Å². The third-order valence-electron chi connectivity index (χ3n) is 3.25. The topological polar surface area (TPSA) is 83.4 Å². The lowest BCUT2D eigenvalue weighted by molar-refractivity contribution is 0.284. The molecule has 2 N–H and O–H groups in total. The Morgan fingerprint density at radius 2 is 2.00 bits per heavy atom. The van der Waals surface area contributed by atoms with Crippen LogP contribution in [0.1, 0.15) is 5.56 Å². The number of halogens is 2. The molecule has 3 rings (SSSR count). The Labute approximate surface area is 142 Å². The number of anilines is 1. The maximum absolute atomic E-state index is 13.1. The third kappa shape index (κ3) is 3.41. The predicted molar refractivity (Wildman–Crippen MR) is 86.4 cm³/mol. The average molecular weight is 350 g/mol. The molecule has 0 amide bonds. The van der Waals surface area contributed by atoms with Crippen LogP contribution in [0.15, 0.2) is 40.8 Å². The number of rotatable bonds is 5. The molecule has 8 heteroatoms. The zero-order chi connectivity index (χ0) is 17.1. The fourth-order valence-electron chi connectivity index (χ4n) is 2.07. The van der Waals surface area contributed by atoms with Gasteiger partial charge in [0, 0.05) is 11.1 Å². The summed E-state index contributed by atoms with van der Waals surface area (Å²) in [6.07, 6.45) is 0. The molecule has 0 unspecified atom stereocenters. The normalized spacial score (nSPS) is 10.6. The Hall–Kier alpha value is -2.80. The predicted octanol–water partition coefficient (Wildman–Crippen LogP) is 3.70. The summed E-state index contributed by atoms with van der Waals surface area (Å²) in [4.78, 5) is 0. The molecule has 6 nitrogen and oxygen atoms in total. The maximum Gasteiger partial charge on any atom is 0.313 e. The molecule has 0 aliphatic rings. The Morgan fingerprint density at radius 3 is 2.67 bits per heavy atom. The molecular weight excluding hydrogens is 337 g/mol. The van der Waals surface area contributed by atoms with Crippen LogP contribution >= 0.6 is 11.6 Å². The van der Waals surface area contributed by atoms with E-state index >= 15 is 0 Å². The van der Waals surface area contributed by atoms with E-state index in [1.54, 1.807) is 24.3 Å². The van der Waals surface area contributed by atoms with Gasteiger partial charge in [-0.1, -0.05) is 22.8 Å². The zero-order valence-electron chi connectivity index (χ0n) is 12.6. The van der Waals surface area contributed by atoms with E-state index in [-0.39, 0.29) is 23.5 Å². The summed E-state index contributed by atoms with van der Waals surface area (Å²) >= 11 is 6.00. The number of benzene rings is 2. The first-order chi connectivity index (χ1) is 11.6. The number of nitrogen functional groups attached to an aromatic ring is 1. The van der Waals surface area contributed by atoms with Gasteiger partial charge < -0.3 is 19.6 Å².